The maximum atomic E-state index is 11.4. The standard InChI is InChI=1S/C9H8O2S/c10-8-4-3-7-2-1-5-12(11)9(7)6-8/h1-4,6,10H,5H2. The molecule has 0 saturated carbocycles. The molecular formula is C9H8O2S. The van der Waals surface area contributed by atoms with Crippen molar-refractivity contribution < 1.29 is 9.32 Å². The lowest BCUT2D eigenvalue weighted by Crippen LogP contribution is -2.01. The summed E-state index contributed by atoms with van der Waals surface area (Å²) in [6, 6.07) is 4.94. The Hall–Kier alpha value is -1.09. The van der Waals surface area contributed by atoms with E-state index in [0.717, 1.165) is 10.5 Å². The van der Waals surface area contributed by atoms with E-state index in [1.807, 2.05) is 12.2 Å². The molecule has 0 aliphatic carbocycles. The van der Waals surface area contributed by atoms with E-state index in [4.69, 9.17) is 5.11 Å². The molecule has 0 amide bonds. The van der Waals surface area contributed by atoms with E-state index in [9.17, 15) is 4.21 Å². The molecule has 0 fully saturated rings. The molecule has 1 atom stereocenters. The number of benzene rings is 1. The topological polar surface area (TPSA) is 37.3 Å². The van der Waals surface area contributed by atoms with E-state index < -0.39 is 10.8 Å². The minimum absolute atomic E-state index is 0.178. The molecule has 62 valence electrons. The molecule has 3 heteroatoms. The summed E-state index contributed by atoms with van der Waals surface area (Å²) in [6.07, 6.45) is 3.81. The lowest BCUT2D eigenvalue weighted by molar-refractivity contribution is 0.473. The summed E-state index contributed by atoms with van der Waals surface area (Å²) in [5.74, 6) is 0.730. The highest BCUT2D eigenvalue weighted by Gasteiger charge is 2.11. The molecule has 1 aliphatic heterocycles. The molecule has 1 unspecified atom stereocenters. The van der Waals surface area contributed by atoms with Crippen LogP contribution in [0.2, 0.25) is 0 Å². The fourth-order valence-corrected chi connectivity index (χ4v) is 2.31. The van der Waals surface area contributed by atoms with Crippen molar-refractivity contribution in [1.82, 2.24) is 0 Å². The summed E-state index contributed by atoms with van der Waals surface area (Å²) in [5, 5.41) is 9.15. The Labute approximate surface area is 73.0 Å². The van der Waals surface area contributed by atoms with Crippen LogP contribution in [-0.4, -0.2) is 15.1 Å². The van der Waals surface area contributed by atoms with Gasteiger partial charge < -0.3 is 5.11 Å². The summed E-state index contributed by atoms with van der Waals surface area (Å²) in [4.78, 5) is 0.734. The second kappa shape index (κ2) is 2.75. The normalized spacial score (nSPS) is 20.5. The van der Waals surface area contributed by atoms with Crippen molar-refractivity contribution in [3.8, 4) is 5.75 Å². The van der Waals surface area contributed by atoms with Gasteiger partial charge in [0.25, 0.3) is 0 Å². The number of fused-ring (bicyclic) bond motifs is 1. The Morgan fingerprint density at radius 2 is 2.25 bits per heavy atom. The first-order valence-electron chi connectivity index (χ1n) is 3.65. The van der Waals surface area contributed by atoms with Crippen LogP contribution in [0.5, 0.6) is 5.75 Å². The first-order valence-corrected chi connectivity index (χ1v) is 4.97. The summed E-state index contributed by atoms with van der Waals surface area (Å²) in [7, 11) is -0.972. The van der Waals surface area contributed by atoms with Crippen LogP contribution in [0.4, 0.5) is 0 Å². The minimum Gasteiger partial charge on any atom is -0.508 e. The van der Waals surface area contributed by atoms with Gasteiger partial charge in [0, 0.05) is 10.6 Å². The van der Waals surface area contributed by atoms with Crippen LogP contribution in [-0.2, 0) is 10.8 Å². The van der Waals surface area contributed by atoms with Crippen molar-refractivity contribution >= 4 is 16.9 Å². The number of hydrogen-bond acceptors (Lipinski definition) is 2. The summed E-state index contributed by atoms with van der Waals surface area (Å²) >= 11 is 0. The monoisotopic (exact) mass is 180 g/mol. The number of phenolic OH excluding ortho intramolecular Hbond substituents is 1. The quantitative estimate of drug-likeness (QED) is 0.657. The van der Waals surface area contributed by atoms with Crippen LogP contribution in [0, 0.1) is 0 Å². The molecule has 0 aromatic heterocycles. The summed E-state index contributed by atoms with van der Waals surface area (Å²) < 4.78 is 11.4. The number of phenols is 1. The fourth-order valence-electron chi connectivity index (χ4n) is 1.21. The number of aromatic hydroxyl groups is 1. The maximum Gasteiger partial charge on any atom is 0.116 e. The predicted octanol–water partition coefficient (Wildman–Crippen LogP) is 1.53. The van der Waals surface area contributed by atoms with Crippen LogP contribution in [0.3, 0.4) is 0 Å². The third-order valence-electron chi connectivity index (χ3n) is 1.79. The zero-order chi connectivity index (χ0) is 8.55. The van der Waals surface area contributed by atoms with Gasteiger partial charge in [0.05, 0.1) is 10.8 Å². The highest BCUT2D eigenvalue weighted by Crippen LogP contribution is 2.24. The van der Waals surface area contributed by atoms with Crippen LogP contribution in [0.25, 0.3) is 6.08 Å². The molecule has 1 heterocycles. The molecule has 1 aromatic rings. The van der Waals surface area contributed by atoms with Crippen molar-refractivity contribution in [2.24, 2.45) is 0 Å². The van der Waals surface area contributed by atoms with Gasteiger partial charge in [0.1, 0.15) is 5.75 Å². The van der Waals surface area contributed by atoms with Crippen LogP contribution in [0.1, 0.15) is 5.56 Å². The van der Waals surface area contributed by atoms with E-state index in [0.29, 0.717) is 5.75 Å². The zero-order valence-corrected chi connectivity index (χ0v) is 7.17. The second-order valence-electron chi connectivity index (χ2n) is 2.64. The Morgan fingerprint density at radius 1 is 1.42 bits per heavy atom. The summed E-state index contributed by atoms with van der Waals surface area (Å²) in [6.45, 7) is 0. The molecule has 2 rings (SSSR count). The van der Waals surface area contributed by atoms with Crippen LogP contribution >= 0.6 is 0 Å². The molecule has 0 bridgehead atoms. The van der Waals surface area contributed by atoms with Crippen molar-refractivity contribution in [3.05, 3.63) is 29.8 Å². The lowest BCUT2D eigenvalue weighted by Gasteiger charge is -2.09. The van der Waals surface area contributed by atoms with Gasteiger partial charge in [-0.05, 0) is 17.7 Å². The van der Waals surface area contributed by atoms with E-state index in [2.05, 4.69) is 0 Å². The Balaban J connectivity index is 2.63. The van der Waals surface area contributed by atoms with Crippen LogP contribution < -0.4 is 0 Å². The highest BCUT2D eigenvalue weighted by molar-refractivity contribution is 7.85. The lowest BCUT2D eigenvalue weighted by atomic mass is 10.2. The molecule has 0 saturated heterocycles. The van der Waals surface area contributed by atoms with Gasteiger partial charge in [-0.25, -0.2) is 0 Å². The predicted molar refractivity (Wildman–Crippen MR) is 48.4 cm³/mol. The van der Waals surface area contributed by atoms with Crippen LogP contribution in [0.15, 0.2) is 29.2 Å². The Bertz CT molecular complexity index is 369. The summed E-state index contributed by atoms with van der Waals surface area (Å²) in [5.41, 5.74) is 0.942. The smallest absolute Gasteiger partial charge is 0.116 e. The first-order chi connectivity index (χ1) is 5.77. The van der Waals surface area contributed by atoms with Gasteiger partial charge in [-0.2, -0.15) is 0 Å². The van der Waals surface area contributed by atoms with Gasteiger partial charge in [0.2, 0.25) is 0 Å². The van der Waals surface area contributed by atoms with E-state index in [1.165, 1.54) is 0 Å². The molecular weight excluding hydrogens is 172 g/mol. The van der Waals surface area contributed by atoms with E-state index >= 15 is 0 Å². The molecule has 12 heavy (non-hydrogen) atoms. The Kier molecular flexibility index (Phi) is 1.73. The molecule has 1 aromatic carbocycles. The average molecular weight is 180 g/mol. The fraction of sp³-hybridized carbons (Fsp3) is 0.111. The van der Waals surface area contributed by atoms with Gasteiger partial charge in [0.15, 0.2) is 0 Å². The van der Waals surface area contributed by atoms with Crippen molar-refractivity contribution in [3.63, 3.8) is 0 Å². The molecule has 0 spiro atoms. The van der Waals surface area contributed by atoms with Gasteiger partial charge in [-0.15, -0.1) is 0 Å². The second-order valence-corrected chi connectivity index (χ2v) is 4.10. The van der Waals surface area contributed by atoms with Gasteiger partial charge in [-0.1, -0.05) is 18.2 Å². The van der Waals surface area contributed by atoms with Crippen molar-refractivity contribution in [1.29, 1.82) is 0 Å². The van der Waals surface area contributed by atoms with E-state index in [-0.39, 0.29) is 5.75 Å². The molecule has 1 N–H and O–H groups in total. The molecule has 2 nitrogen and oxygen atoms in total. The SMILES string of the molecule is O=S1CC=Cc2ccc(O)cc21. The third-order valence-corrected chi connectivity index (χ3v) is 3.13. The molecule has 1 aliphatic rings. The van der Waals surface area contributed by atoms with E-state index in [1.54, 1.807) is 18.2 Å². The van der Waals surface area contributed by atoms with Gasteiger partial charge in [-0.3, -0.25) is 4.21 Å². The Morgan fingerprint density at radius 3 is 3.08 bits per heavy atom. The van der Waals surface area contributed by atoms with Gasteiger partial charge >= 0.3 is 0 Å². The molecule has 0 radical (unpaired) electrons. The highest BCUT2D eigenvalue weighted by atomic mass is 32.2. The number of rotatable bonds is 0. The van der Waals surface area contributed by atoms with Crippen molar-refractivity contribution in [2.75, 3.05) is 5.75 Å². The minimum atomic E-state index is -0.972. The first kappa shape index (κ1) is 7.55. The van der Waals surface area contributed by atoms with Crippen molar-refractivity contribution in [2.45, 2.75) is 4.90 Å². The number of hydrogen-bond donors (Lipinski definition) is 1. The largest absolute Gasteiger partial charge is 0.508 e. The maximum absolute atomic E-state index is 11.4. The third kappa shape index (κ3) is 1.16. The average Bonchev–Trinajstić information content (AvgIpc) is 2.07. The zero-order valence-electron chi connectivity index (χ0n) is 6.36.